The molecule has 0 aromatic heterocycles. The average Bonchev–Trinajstić information content (AvgIpc) is 2.74. The number of anilines is 1. The number of rotatable bonds is 11. The van der Waals surface area contributed by atoms with Crippen molar-refractivity contribution in [3.05, 3.63) is 54.1 Å². The minimum absolute atomic E-state index is 0.0363. The van der Waals surface area contributed by atoms with E-state index in [1.807, 2.05) is 53.4 Å². The standard InChI is InChI=1S/C24H32N2O2/c1-3-5-6-7-8-16-25-24(28)26(17-4-2)23-11-9-10-22(18-23)21-14-12-20(19-27)13-15-21/h9-15,18-19H,3-8,16-17H2,1-2H3,(H,25,28). The largest absolute Gasteiger partial charge is 0.338 e. The van der Waals surface area contributed by atoms with Gasteiger partial charge in [0.25, 0.3) is 0 Å². The van der Waals surface area contributed by atoms with Gasteiger partial charge in [-0.3, -0.25) is 9.69 Å². The van der Waals surface area contributed by atoms with E-state index in [-0.39, 0.29) is 6.03 Å². The molecule has 0 unspecified atom stereocenters. The van der Waals surface area contributed by atoms with Crippen LogP contribution < -0.4 is 10.2 Å². The summed E-state index contributed by atoms with van der Waals surface area (Å²) in [4.78, 5) is 25.4. The van der Waals surface area contributed by atoms with Crippen LogP contribution >= 0.6 is 0 Å². The van der Waals surface area contributed by atoms with Gasteiger partial charge in [0, 0.05) is 24.3 Å². The molecule has 0 saturated carbocycles. The second-order valence-corrected chi connectivity index (χ2v) is 7.09. The van der Waals surface area contributed by atoms with Gasteiger partial charge in [-0.1, -0.05) is 75.9 Å². The lowest BCUT2D eigenvalue weighted by Gasteiger charge is -2.23. The Labute approximate surface area is 169 Å². The van der Waals surface area contributed by atoms with Gasteiger partial charge in [-0.15, -0.1) is 0 Å². The van der Waals surface area contributed by atoms with Crippen LogP contribution in [0.4, 0.5) is 10.5 Å². The molecule has 0 spiro atoms. The maximum atomic E-state index is 12.7. The molecule has 0 saturated heterocycles. The second kappa shape index (κ2) is 12.0. The fraction of sp³-hybridized carbons (Fsp3) is 0.417. The zero-order valence-corrected chi connectivity index (χ0v) is 17.1. The quantitative estimate of drug-likeness (QED) is 0.380. The summed E-state index contributed by atoms with van der Waals surface area (Å²) >= 11 is 0. The number of carbonyl (C=O) groups is 2. The minimum atomic E-state index is -0.0363. The number of nitrogens with one attached hydrogen (secondary N) is 1. The molecule has 0 atom stereocenters. The fourth-order valence-corrected chi connectivity index (χ4v) is 3.20. The van der Waals surface area contributed by atoms with E-state index in [1.54, 1.807) is 0 Å². The van der Waals surface area contributed by atoms with Gasteiger partial charge >= 0.3 is 6.03 Å². The summed E-state index contributed by atoms with van der Waals surface area (Å²) in [7, 11) is 0. The number of amides is 2. The maximum absolute atomic E-state index is 12.7. The highest BCUT2D eigenvalue weighted by Gasteiger charge is 2.15. The fourth-order valence-electron chi connectivity index (χ4n) is 3.20. The summed E-state index contributed by atoms with van der Waals surface area (Å²) in [5.74, 6) is 0. The third kappa shape index (κ3) is 6.52. The predicted molar refractivity (Wildman–Crippen MR) is 117 cm³/mol. The minimum Gasteiger partial charge on any atom is -0.338 e. The Hall–Kier alpha value is -2.62. The highest BCUT2D eigenvalue weighted by atomic mass is 16.2. The molecule has 0 aliphatic rings. The van der Waals surface area contributed by atoms with Crippen molar-refractivity contribution in [1.29, 1.82) is 0 Å². The molecule has 0 aliphatic carbocycles. The Kier molecular flexibility index (Phi) is 9.26. The van der Waals surface area contributed by atoms with E-state index in [1.165, 1.54) is 19.3 Å². The molecule has 2 aromatic carbocycles. The lowest BCUT2D eigenvalue weighted by atomic mass is 10.0. The van der Waals surface area contributed by atoms with Crippen molar-refractivity contribution < 1.29 is 9.59 Å². The SMILES string of the molecule is CCCCCCCNC(=O)N(CCC)c1cccc(-c2ccc(C=O)cc2)c1. The molecule has 150 valence electrons. The summed E-state index contributed by atoms with van der Waals surface area (Å²) in [6, 6.07) is 15.5. The van der Waals surface area contributed by atoms with Gasteiger partial charge in [-0.2, -0.15) is 0 Å². The van der Waals surface area contributed by atoms with E-state index in [0.717, 1.165) is 48.9 Å². The zero-order chi connectivity index (χ0) is 20.2. The van der Waals surface area contributed by atoms with Crippen molar-refractivity contribution in [3.63, 3.8) is 0 Å². The summed E-state index contributed by atoms with van der Waals surface area (Å²) in [6.07, 6.45) is 7.64. The Morgan fingerprint density at radius 2 is 1.68 bits per heavy atom. The van der Waals surface area contributed by atoms with Gasteiger partial charge in [0.15, 0.2) is 0 Å². The first kappa shape index (κ1) is 21.7. The molecule has 0 fully saturated rings. The van der Waals surface area contributed by atoms with Crippen LogP contribution in [0.5, 0.6) is 0 Å². The van der Waals surface area contributed by atoms with Crippen molar-refractivity contribution in [2.45, 2.75) is 52.4 Å². The Morgan fingerprint density at radius 1 is 0.929 bits per heavy atom. The van der Waals surface area contributed by atoms with Gasteiger partial charge in [-0.05, 0) is 36.1 Å². The highest BCUT2D eigenvalue weighted by molar-refractivity contribution is 5.92. The number of nitrogens with zero attached hydrogens (tertiary/aromatic N) is 1. The molecule has 1 N–H and O–H groups in total. The third-order valence-corrected chi connectivity index (χ3v) is 4.79. The number of carbonyl (C=O) groups excluding carboxylic acids is 2. The van der Waals surface area contributed by atoms with Gasteiger partial charge in [0.2, 0.25) is 0 Å². The van der Waals surface area contributed by atoms with Gasteiger partial charge in [0.1, 0.15) is 6.29 Å². The van der Waals surface area contributed by atoms with Gasteiger partial charge in [0.05, 0.1) is 0 Å². The van der Waals surface area contributed by atoms with Gasteiger partial charge < -0.3 is 5.32 Å². The molecule has 2 amide bonds. The smallest absolute Gasteiger partial charge is 0.321 e. The van der Waals surface area contributed by atoms with Crippen LogP contribution in [0.15, 0.2) is 48.5 Å². The summed E-state index contributed by atoms with van der Waals surface area (Å²) in [5.41, 5.74) is 3.61. The molecule has 0 heterocycles. The second-order valence-electron chi connectivity index (χ2n) is 7.09. The normalized spacial score (nSPS) is 10.5. The Balaban J connectivity index is 2.05. The molecule has 0 radical (unpaired) electrons. The average molecular weight is 381 g/mol. The first-order chi connectivity index (χ1) is 13.7. The molecule has 0 aliphatic heterocycles. The molecule has 2 rings (SSSR count). The molecular formula is C24H32N2O2. The van der Waals surface area contributed by atoms with E-state index < -0.39 is 0 Å². The number of hydrogen-bond donors (Lipinski definition) is 1. The van der Waals surface area contributed by atoms with Crippen LogP contribution in [0.25, 0.3) is 11.1 Å². The number of urea groups is 1. The van der Waals surface area contributed by atoms with Crippen molar-refractivity contribution >= 4 is 18.0 Å². The lowest BCUT2D eigenvalue weighted by molar-refractivity contribution is 0.112. The number of aldehydes is 1. The van der Waals surface area contributed by atoms with Crippen LogP contribution in [-0.4, -0.2) is 25.4 Å². The van der Waals surface area contributed by atoms with Crippen LogP contribution in [0.2, 0.25) is 0 Å². The Morgan fingerprint density at radius 3 is 2.36 bits per heavy atom. The topological polar surface area (TPSA) is 49.4 Å². The molecule has 28 heavy (non-hydrogen) atoms. The van der Waals surface area contributed by atoms with Crippen LogP contribution in [-0.2, 0) is 0 Å². The first-order valence-corrected chi connectivity index (χ1v) is 10.4. The maximum Gasteiger partial charge on any atom is 0.321 e. The first-order valence-electron chi connectivity index (χ1n) is 10.4. The van der Waals surface area contributed by atoms with Crippen molar-refractivity contribution in [2.75, 3.05) is 18.0 Å². The van der Waals surface area contributed by atoms with Crippen LogP contribution in [0.1, 0.15) is 62.7 Å². The van der Waals surface area contributed by atoms with Gasteiger partial charge in [-0.25, -0.2) is 4.79 Å². The predicted octanol–water partition coefficient (Wildman–Crippen LogP) is 6.06. The number of benzene rings is 2. The van der Waals surface area contributed by atoms with E-state index in [9.17, 15) is 9.59 Å². The van der Waals surface area contributed by atoms with Crippen molar-refractivity contribution in [3.8, 4) is 11.1 Å². The summed E-state index contributed by atoms with van der Waals surface area (Å²) in [5, 5.41) is 3.07. The van der Waals surface area contributed by atoms with E-state index >= 15 is 0 Å². The zero-order valence-electron chi connectivity index (χ0n) is 17.1. The lowest BCUT2D eigenvalue weighted by Crippen LogP contribution is -2.41. The highest BCUT2D eigenvalue weighted by Crippen LogP contribution is 2.25. The van der Waals surface area contributed by atoms with Crippen LogP contribution in [0, 0.1) is 0 Å². The molecule has 4 heteroatoms. The van der Waals surface area contributed by atoms with E-state index in [4.69, 9.17) is 0 Å². The summed E-state index contributed by atoms with van der Waals surface area (Å²) in [6.45, 7) is 5.67. The third-order valence-electron chi connectivity index (χ3n) is 4.79. The molecule has 0 bridgehead atoms. The molecule has 4 nitrogen and oxygen atoms in total. The van der Waals surface area contributed by atoms with Crippen LogP contribution in [0.3, 0.4) is 0 Å². The summed E-state index contributed by atoms with van der Waals surface area (Å²) < 4.78 is 0. The number of unbranched alkanes of at least 4 members (excludes halogenated alkanes) is 4. The monoisotopic (exact) mass is 380 g/mol. The molecular weight excluding hydrogens is 348 g/mol. The Bertz CT molecular complexity index is 741. The number of hydrogen-bond acceptors (Lipinski definition) is 2. The van der Waals surface area contributed by atoms with E-state index in [2.05, 4.69) is 19.2 Å². The van der Waals surface area contributed by atoms with Crippen molar-refractivity contribution in [2.24, 2.45) is 0 Å². The van der Waals surface area contributed by atoms with Crippen molar-refractivity contribution in [1.82, 2.24) is 5.32 Å². The van der Waals surface area contributed by atoms with E-state index in [0.29, 0.717) is 12.1 Å². The molecule has 2 aromatic rings.